The van der Waals surface area contributed by atoms with Crippen LogP contribution in [0.1, 0.15) is 24.0 Å². The lowest BCUT2D eigenvalue weighted by Crippen LogP contribution is -2.19. The van der Waals surface area contributed by atoms with Crippen molar-refractivity contribution in [1.29, 1.82) is 0 Å². The maximum absolute atomic E-state index is 12.9. The van der Waals surface area contributed by atoms with Gasteiger partial charge in [-0.25, -0.2) is 4.39 Å². The first-order valence-electron chi connectivity index (χ1n) is 7.31. The van der Waals surface area contributed by atoms with Gasteiger partial charge in [0.15, 0.2) is 11.5 Å². The second-order valence-corrected chi connectivity index (χ2v) is 5.27. The van der Waals surface area contributed by atoms with Crippen LogP contribution in [-0.2, 0) is 6.54 Å². The highest BCUT2D eigenvalue weighted by Crippen LogP contribution is 2.27. The molecule has 1 N–H and O–H groups in total. The lowest BCUT2D eigenvalue weighted by molar-refractivity contribution is 0.354. The Labute approximate surface area is 131 Å². The number of hydrogen-bond donors (Lipinski definition) is 1. The molecular weight excluding hydrogens is 281 g/mol. The van der Waals surface area contributed by atoms with Crippen molar-refractivity contribution in [2.75, 3.05) is 20.8 Å². The van der Waals surface area contributed by atoms with E-state index < -0.39 is 0 Å². The number of halogens is 1. The molecule has 0 radical (unpaired) electrons. The number of methoxy groups -OCH3 is 2. The van der Waals surface area contributed by atoms with Gasteiger partial charge in [-0.1, -0.05) is 25.1 Å². The summed E-state index contributed by atoms with van der Waals surface area (Å²) >= 11 is 0. The highest BCUT2D eigenvalue weighted by atomic mass is 19.1. The summed E-state index contributed by atoms with van der Waals surface area (Å²) in [6.07, 6.45) is 0. The summed E-state index contributed by atoms with van der Waals surface area (Å²) in [5, 5.41) is 3.41. The molecule has 0 amide bonds. The molecule has 0 saturated heterocycles. The summed E-state index contributed by atoms with van der Waals surface area (Å²) in [7, 11) is 3.26. The third-order valence-electron chi connectivity index (χ3n) is 3.67. The van der Waals surface area contributed by atoms with Gasteiger partial charge in [0.05, 0.1) is 14.2 Å². The Morgan fingerprint density at radius 1 is 1.00 bits per heavy atom. The first-order valence-corrected chi connectivity index (χ1v) is 7.31. The van der Waals surface area contributed by atoms with E-state index >= 15 is 0 Å². The third-order valence-corrected chi connectivity index (χ3v) is 3.67. The largest absolute Gasteiger partial charge is 0.493 e. The summed E-state index contributed by atoms with van der Waals surface area (Å²) in [4.78, 5) is 0. The zero-order valence-electron chi connectivity index (χ0n) is 13.2. The Kier molecular flexibility index (Phi) is 5.78. The highest BCUT2D eigenvalue weighted by Gasteiger charge is 2.07. The Hall–Kier alpha value is -2.07. The number of ether oxygens (including phenoxy) is 2. The van der Waals surface area contributed by atoms with Crippen molar-refractivity contribution in [3.8, 4) is 11.5 Å². The standard InChI is InChI=1S/C18H22FNO2/c1-13(15-5-7-16(19)8-6-15)11-20-12-14-4-9-17(21-2)18(10-14)22-3/h4-10,13,20H,11-12H2,1-3H3/t13-/m0/s1. The van der Waals surface area contributed by atoms with Gasteiger partial charge >= 0.3 is 0 Å². The summed E-state index contributed by atoms with van der Waals surface area (Å²) in [5.41, 5.74) is 2.25. The number of nitrogens with one attached hydrogen (secondary N) is 1. The topological polar surface area (TPSA) is 30.5 Å². The van der Waals surface area contributed by atoms with Gasteiger partial charge in [-0.05, 0) is 41.3 Å². The maximum atomic E-state index is 12.9. The van der Waals surface area contributed by atoms with E-state index in [1.807, 2.05) is 30.3 Å². The minimum absolute atomic E-state index is 0.200. The van der Waals surface area contributed by atoms with Gasteiger partial charge in [0.1, 0.15) is 5.82 Å². The molecule has 0 spiro atoms. The lowest BCUT2D eigenvalue weighted by atomic mass is 10.0. The molecule has 0 aliphatic carbocycles. The van der Waals surface area contributed by atoms with Crippen LogP contribution in [0.2, 0.25) is 0 Å². The van der Waals surface area contributed by atoms with Crippen LogP contribution >= 0.6 is 0 Å². The summed E-state index contributed by atoms with van der Waals surface area (Å²) < 4.78 is 23.4. The molecule has 0 fully saturated rings. The molecule has 2 aromatic carbocycles. The summed E-state index contributed by atoms with van der Waals surface area (Å²) in [5.74, 6) is 1.58. The molecule has 0 bridgehead atoms. The zero-order chi connectivity index (χ0) is 15.9. The average Bonchev–Trinajstić information content (AvgIpc) is 2.55. The number of hydrogen-bond acceptors (Lipinski definition) is 3. The predicted octanol–water partition coefficient (Wildman–Crippen LogP) is 3.74. The van der Waals surface area contributed by atoms with Crippen molar-refractivity contribution in [3.63, 3.8) is 0 Å². The second kappa shape index (κ2) is 7.80. The Morgan fingerprint density at radius 2 is 1.68 bits per heavy atom. The van der Waals surface area contributed by atoms with Crippen molar-refractivity contribution in [2.45, 2.75) is 19.4 Å². The van der Waals surface area contributed by atoms with E-state index in [1.165, 1.54) is 12.1 Å². The van der Waals surface area contributed by atoms with E-state index in [1.54, 1.807) is 14.2 Å². The summed E-state index contributed by atoms with van der Waals surface area (Å²) in [6.45, 7) is 3.68. The fraction of sp³-hybridized carbons (Fsp3) is 0.333. The van der Waals surface area contributed by atoms with Crippen molar-refractivity contribution >= 4 is 0 Å². The molecular formula is C18H22FNO2. The fourth-order valence-corrected chi connectivity index (χ4v) is 2.33. The van der Waals surface area contributed by atoms with Crippen molar-refractivity contribution in [2.24, 2.45) is 0 Å². The quantitative estimate of drug-likeness (QED) is 0.845. The van der Waals surface area contributed by atoms with E-state index in [4.69, 9.17) is 9.47 Å². The molecule has 4 heteroatoms. The van der Waals surface area contributed by atoms with Gasteiger partial charge in [-0.3, -0.25) is 0 Å². The van der Waals surface area contributed by atoms with Gasteiger partial charge in [-0.2, -0.15) is 0 Å². The first kappa shape index (κ1) is 16.3. The van der Waals surface area contributed by atoms with Crippen LogP contribution in [-0.4, -0.2) is 20.8 Å². The Bertz CT molecular complexity index is 599. The number of rotatable bonds is 7. The fourth-order valence-electron chi connectivity index (χ4n) is 2.33. The first-order chi connectivity index (χ1) is 10.6. The van der Waals surface area contributed by atoms with Crippen LogP contribution in [0.25, 0.3) is 0 Å². The van der Waals surface area contributed by atoms with Crippen LogP contribution in [0.3, 0.4) is 0 Å². The Morgan fingerprint density at radius 3 is 2.32 bits per heavy atom. The maximum Gasteiger partial charge on any atom is 0.161 e. The molecule has 3 nitrogen and oxygen atoms in total. The smallest absolute Gasteiger partial charge is 0.161 e. The average molecular weight is 303 g/mol. The van der Waals surface area contributed by atoms with Crippen LogP contribution in [0.15, 0.2) is 42.5 Å². The molecule has 0 unspecified atom stereocenters. The molecule has 2 aromatic rings. The van der Waals surface area contributed by atoms with Crippen LogP contribution in [0.5, 0.6) is 11.5 Å². The van der Waals surface area contributed by atoms with Crippen LogP contribution < -0.4 is 14.8 Å². The van der Waals surface area contributed by atoms with Gasteiger partial charge < -0.3 is 14.8 Å². The zero-order valence-corrected chi connectivity index (χ0v) is 13.2. The van der Waals surface area contributed by atoms with E-state index in [9.17, 15) is 4.39 Å². The monoisotopic (exact) mass is 303 g/mol. The van der Waals surface area contributed by atoms with E-state index in [2.05, 4.69) is 12.2 Å². The lowest BCUT2D eigenvalue weighted by Gasteiger charge is -2.14. The third kappa shape index (κ3) is 4.21. The number of benzene rings is 2. The van der Waals surface area contributed by atoms with Crippen molar-refractivity contribution in [1.82, 2.24) is 5.32 Å². The van der Waals surface area contributed by atoms with E-state index in [0.717, 1.165) is 35.7 Å². The molecule has 0 aromatic heterocycles. The van der Waals surface area contributed by atoms with Gasteiger partial charge in [0.2, 0.25) is 0 Å². The van der Waals surface area contributed by atoms with E-state index in [0.29, 0.717) is 5.92 Å². The second-order valence-electron chi connectivity index (χ2n) is 5.27. The molecule has 0 aliphatic heterocycles. The van der Waals surface area contributed by atoms with Gasteiger partial charge in [0.25, 0.3) is 0 Å². The molecule has 2 rings (SSSR count). The SMILES string of the molecule is COc1ccc(CNC[C@H](C)c2ccc(F)cc2)cc1OC. The minimum atomic E-state index is -0.200. The molecule has 22 heavy (non-hydrogen) atoms. The highest BCUT2D eigenvalue weighted by molar-refractivity contribution is 5.42. The van der Waals surface area contributed by atoms with Crippen LogP contribution in [0, 0.1) is 5.82 Å². The molecule has 118 valence electrons. The van der Waals surface area contributed by atoms with Gasteiger partial charge in [0, 0.05) is 13.1 Å². The van der Waals surface area contributed by atoms with E-state index in [-0.39, 0.29) is 5.82 Å². The summed E-state index contributed by atoms with van der Waals surface area (Å²) in [6, 6.07) is 12.5. The normalized spacial score (nSPS) is 12.0. The molecule has 0 heterocycles. The van der Waals surface area contributed by atoms with Crippen LogP contribution in [0.4, 0.5) is 4.39 Å². The molecule has 0 saturated carbocycles. The van der Waals surface area contributed by atoms with Crippen molar-refractivity contribution < 1.29 is 13.9 Å². The molecule has 1 atom stereocenters. The van der Waals surface area contributed by atoms with Crippen molar-refractivity contribution in [3.05, 3.63) is 59.4 Å². The molecule has 0 aliphatic rings. The minimum Gasteiger partial charge on any atom is -0.493 e. The van der Waals surface area contributed by atoms with Gasteiger partial charge in [-0.15, -0.1) is 0 Å². The predicted molar refractivity (Wildman–Crippen MR) is 86.1 cm³/mol. The Balaban J connectivity index is 1.89.